The SMILES string of the molecule is CN=C(NCCNC(=O)c1cccnc1)NCC1(c2ccccc2)CCC1. The van der Waals surface area contributed by atoms with E-state index in [4.69, 9.17) is 0 Å². The van der Waals surface area contributed by atoms with Crippen LogP contribution in [0.15, 0.2) is 59.9 Å². The van der Waals surface area contributed by atoms with Gasteiger partial charge in [0.05, 0.1) is 5.56 Å². The Labute approximate surface area is 160 Å². The van der Waals surface area contributed by atoms with Crippen LogP contribution in [0.25, 0.3) is 0 Å². The van der Waals surface area contributed by atoms with Crippen molar-refractivity contribution in [2.24, 2.45) is 4.99 Å². The van der Waals surface area contributed by atoms with Gasteiger partial charge in [-0.2, -0.15) is 0 Å². The smallest absolute Gasteiger partial charge is 0.252 e. The van der Waals surface area contributed by atoms with Gasteiger partial charge in [0, 0.05) is 44.5 Å². The molecule has 1 amide bonds. The fourth-order valence-electron chi connectivity index (χ4n) is 3.39. The molecule has 0 aliphatic heterocycles. The Bertz CT molecular complexity index is 757. The van der Waals surface area contributed by atoms with Crippen molar-refractivity contribution in [3.8, 4) is 0 Å². The van der Waals surface area contributed by atoms with Gasteiger partial charge in [0.25, 0.3) is 5.91 Å². The Morgan fingerprint density at radius 3 is 2.48 bits per heavy atom. The lowest BCUT2D eigenvalue weighted by molar-refractivity contribution is 0.0954. The Morgan fingerprint density at radius 1 is 1.07 bits per heavy atom. The molecule has 6 nitrogen and oxygen atoms in total. The number of carbonyl (C=O) groups excluding carboxylic acids is 1. The van der Waals surface area contributed by atoms with Crippen LogP contribution in [0, 0.1) is 0 Å². The number of benzene rings is 1. The van der Waals surface area contributed by atoms with Crippen LogP contribution in [0.5, 0.6) is 0 Å². The molecule has 1 saturated carbocycles. The van der Waals surface area contributed by atoms with Gasteiger partial charge < -0.3 is 16.0 Å². The monoisotopic (exact) mass is 365 g/mol. The molecule has 0 atom stereocenters. The third kappa shape index (κ3) is 4.84. The number of carbonyl (C=O) groups is 1. The number of hydrogen-bond acceptors (Lipinski definition) is 3. The van der Waals surface area contributed by atoms with Crippen LogP contribution in [0.4, 0.5) is 0 Å². The number of amides is 1. The molecule has 1 aliphatic carbocycles. The van der Waals surface area contributed by atoms with Crippen LogP contribution in [0.3, 0.4) is 0 Å². The van der Waals surface area contributed by atoms with Crippen molar-refractivity contribution in [2.75, 3.05) is 26.7 Å². The van der Waals surface area contributed by atoms with Crippen molar-refractivity contribution in [1.29, 1.82) is 0 Å². The summed E-state index contributed by atoms with van der Waals surface area (Å²) in [4.78, 5) is 20.2. The van der Waals surface area contributed by atoms with E-state index in [1.807, 2.05) is 0 Å². The molecule has 1 aromatic carbocycles. The first-order chi connectivity index (χ1) is 13.2. The van der Waals surface area contributed by atoms with Gasteiger partial charge in [-0.15, -0.1) is 0 Å². The van der Waals surface area contributed by atoms with Crippen LogP contribution in [-0.4, -0.2) is 43.5 Å². The standard InChI is InChI=1S/C21H27N5O/c1-22-20(25-14-13-24-19(27)17-7-5-12-23-15-17)26-16-21(10-6-11-21)18-8-3-2-4-9-18/h2-5,7-9,12,15H,6,10-11,13-14,16H2,1H3,(H,24,27)(H2,22,25,26). The second kappa shape index (κ2) is 9.16. The van der Waals surface area contributed by atoms with E-state index in [9.17, 15) is 4.79 Å². The van der Waals surface area contributed by atoms with Crippen molar-refractivity contribution < 1.29 is 4.79 Å². The molecule has 0 bridgehead atoms. The molecule has 0 radical (unpaired) electrons. The quantitative estimate of drug-likeness (QED) is 0.399. The van der Waals surface area contributed by atoms with E-state index in [1.54, 1.807) is 31.6 Å². The highest BCUT2D eigenvalue weighted by atomic mass is 16.1. The van der Waals surface area contributed by atoms with Crippen molar-refractivity contribution in [2.45, 2.75) is 24.7 Å². The van der Waals surface area contributed by atoms with E-state index < -0.39 is 0 Å². The summed E-state index contributed by atoms with van der Waals surface area (Å²) < 4.78 is 0. The third-order valence-corrected chi connectivity index (χ3v) is 5.14. The fourth-order valence-corrected chi connectivity index (χ4v) is 3.39. The molecular formula is C21H27N5O. The van der Waals surface area contributed by atoms with Gasteiger partial charge in [0.1, 0.15) is 0 Å². The highest BCUT2D eigenvalue weighted by molar-refractivity contribution is 5.93. The largest absolute Gasteiger partial charge is 0.356 e. The third-order valence-electron chi connectivity index (χ3n) is 5.14. The molecule has 1 fully saturated rings. The summed E-state index contributed by atoms with van der Waals surface area (Å²) in [6.07, 6.45) is 6.87. The Kier molecular flexibility index (Phi) is 6.41. The Balaban J connectivity index is 1.43. The molecule has 1 heterocycles. The predicted octanol–water partition coefficient (Wildman–Crippen LogP) is 2.10. The first-order valence-corrected chi connectivity index (χ1v) is 9.42. The highest BCUT2D eigenvalue weighted by Crippen LogP contribution is 2.43. The number of aliphatic imine (C=N–C) groups is 1. The van der Waals surface area contributed by atoms with Gasteiger partial charge in [-0.1, -0.05) is 36.8 Å². The topological polar surface area (TPSA) is 78.4 Å². The molecule has 1 aromatic heterocycles. The minimum atomic E-state index is -0.120. The molecule has 0 spiro atoms. The number of guanidine groups is 1. The molecular weight excluding hydrogens is 338 g/mol. The van der Waals surface area contributed by atoms with E-state index >= 15 is 0 Å². The number of pyridine rings is 1. The summed E-state index contributed by atoms with van der Waals surface area (Å²) in [6.45, 7) is 1.97. The van der Waals surface area contributed by atoms with Gasteiger partial charge in [-0.3, -0.25) is 14.8 Å². The minimum Gasteiger partial charge on any atom is -0.356 e. The van der Waals surface area contributed by atoms with E-state index in [0.717, 1.165) is 12.5 Å². The number of rotatable bonds is 7. The predicted molar refractivity (Wildman–Crippen MR) is 108 cm³/mol. The van der Waals surface area contributed by atoms with E-state index in [0.29, 0.717) is 18.7 Å². The maximum absolute atomic E-state index is 12.0. The second-order valence-corrected chi connectivity index (χ2v) is 6.85. The summed E-state index contributed by atoms with van der Waals surface area (Å²) >= 11 is 0. The van der Waals surface area contributed by atoms with Gasteiger partial charge in [-0.25, -0.2) is 0 Å². The normalized spacial score (nSPS) is 15.5. The zero-order chi connectivity index (χ0) is 19.0. The van der Waals surface area contributed by atoms with Crippen LogP contribution in [0.1, 0.15) is 35.2 Å². The molecule has 0 saturated heterocycles. The van der Waals surface area contributed by atoms with Crippen molar-refractivity contribution in [3.63, 3.8) is 0 Å². The fraction of sp³-hybridized carbons (Fsp3) is 0.381. The van der Waals surface area contributed by atoms with Crippen LogP contribution in [0.2, 0.25) is 0 Å². The van der Waals surface area contributed by atoms with Crippen LogP contribution in [-0.2, 0) is 5.41 Å². The zero-order valence-electron chi connectivity index (χ0n) is 15.7. The second-order valence-electron chi connectivity index (χ2n) is 6.85. The van der Waals surface area contributed by atoms with E-state index in [2.05, 4.69) is 56.3 Å². The lowest BCUT2D eigenvalue weighted by Crippen LogP contribution is -2.49. The zero-order valence-corrected chi connectivity index (χ0v) is 15.7. The van der Waals surface area contributed by atoms with Crippen LogP contribution < -0.4 is 16.0 Å². The van der Waals surface area contributed by atoms with E-state index in [-0.39, 0.29) is 11.3 Å². The number of hydrogen-bond donors (Lipinski definition) is 3. The first-order valence-electron chi connectivity index (χ1n) is 9.42. The molecule has 1 aliphatic rings. The molecule has 142 valence electrons. The van der Waals surface area contributed by atoms with Gasteiger partial charge in [0.2, 0.25) is 0 Å². The molecule has 3 N–H and O–H groups in total. The summed E-state index contributed by atoms with van der Waals surface area (Å²) in [6, 6.07) is 14.2. The maximum atomic E-state index is 12.0. The number of nitrogens with zero attached hydrogens (tertiary/aromatic N) is 2. The number of nitrogens with one attached hydrogen (secondary N) is 3. The van der Waals surface area contributed by atoms with Gasteiger partial charge in [-0.05, 0) is 30.5 Å². The Hall–Kier alpha value is -2.89. The Morgan fingerprint density at radius 2 is 1.85 bits per heavy atom. The molecule has 0 unspecified atom stereocenters. The minimum absolute atomic E-state index is 0.120. The van der Waals surface area contributed by atoms with Crippen LogP contribution >= 0.6 is 0 Å². The van der Waals surface area contributed by atoms with Gasteiger partial charge in [0.15, 0.2) is 5.96 Å². The summed E-state index contributed by atoms with van der Waals surface area (Å²) in [7, 11) is 1.76. The summed E-state index contributed by atoms with van der Waals surface area (Å²) in [5.74, 6) is 0.637. The van der Waals surface area contributed by atoms with E-state index in [1.165, 1.54) is 24.8 Å². The lowest BCUT2D eigenvalue weighted by atomic mass is 9.64. The molecule has 3 rings (SSSR count). The summed E-state index contributed by atoms with van der Waals surface area (Å²) in [5.41, 5.74) is 2.16. The maximum Gasteiger partial charge on any atom is 0.252 e. The van der Waals surface area contributed by atoms with Gasteiger partial charge >= 0.3 is 0 Å². The van der Waals surface area contributed by atoms with Crippen molar-refractivity contribution in [1.82, 2.24) is 20.9 Å². The lowest BCUT2D eigenvalue weighted by Gasteiger charge is -2.43. The van der Waals surface area contributed by atoms with Crippen molar-refractivity contribution in [3.05, 3.63) is 66.0 Å². The van der Waals surface area contributed by atoms with Crippen molar-refractivity contribution >= 4 is 11.9 Å². The first kappa shape index (κ1) is 18.9. The molecule has 2 aromatic rings. The average molecular weight is 365 g/mol. The summed E-state index contributed by atoms with van der Waals surface area (Å²) in [5, 5.41) is 9.58. The highest BCUT2D eigenvalue weighted by Gasteiger charge is 2.38. The average Bonchev–Trinajstić information content (AvgIpc) is 2.70. The number of aromatic nitrogens is 1. The molecule has 27 heavy (non-hydrogen) atoms. The molecule has 6 heteroatoms.